The van der Waals surface area contributed by atoms with E-state index < -0.39 is 35.0 Å². The molecule has 10 nitrogen and oxygen atoms in total. The molecule has 0 aliphatic carbocycles. The van der Waals surface area contributed by atoms with Crippen molar-refractivity contribution in [3.05, 3.63) is 0 Å². The summed E-state index contributed by atoms with van der Waals surface area (Å²) in [5.74, 6) is 0. The maximum Gasteiger partial charge on any atom is 0.679 e. The van der Waals surface area contributed by atoms with Gasteiger partial charge in [0.05, 0.1) is 13.2 Å². The molecule has 0 aromatic carbocycles. The quantitative estimate of drug-likeness (QED) is 0.0914. The van der Waals surface area contributed by atoms with Crippen molar-refractivity contribution in [3.63, 3.8) is 0 Å². The Bertz CT molecular complexity index is 389. The minimum atomic E-state index is -4.68. The normalized spacial score (nSPS) is 15.8. The van der Waals surface area contributed by atoms with Gasteiger partial charge >= 0.3 is 26.7 Å². The van der Waals surface area contributed by atoms with Crippen molar-refractivity contribution in [2.75, 3.05) is 26.4 Å². The van der Waals surface area contributed by atoms with Gasteiger partial charge in [-0.15, -0.1) is 0 Å². The van der Waals surface area contributed by atoms with E-state index in [0.717, 1.165) is 19.3 Å². The Kier molecular flexibility index (Phi) is 12.9. The first kappa shape index (κ1) is 27.8. The predicted molar refractivity (Wildman–Crippen MR) is 110 cm³/mol. The summed E-state index contributed by atoms with van der Waals surface area (Å²) in [6.45, 7) is 9.32. The van der Waals surface area contributed by atoms with E-state index in [-0.39, 0.29) is 19.8 Å². The van der Waals surface area contributed by atoms with Crippen LogP contribution in [-0.2, 0) is 25.4 Å². The van der Waals surface area contributed by atoms with E-state index in [1.807, 2.05) is 19.6 Å². The standard InChI is InChI=1S/C12H34O10SSi4/c1-24(2,3)20-27(21-25(4,5)14,22-26(15,16)19-23)18-12-11-17-10-8-6-7-9-13/h13-16,23H,6-12H2,1-5H3. The lowest BCUT2D eigenvalue weighted by atomic mass is 10.2. The zero-order valence-electron chi connectivity index (χ0n) is 16.6. The summed E-state index contributed by atoms with van der Waals surface area (Å²) in [6.07, 6.45) is 2.38. The molecule has 0 aromatic heterocycles. The van der Waals surface area contributed by atoms with Crippen LogP contribution in [0.1, 0.15) is 19.3 Å². The highest BCUT2D eigenvalue weighted by molar-refractivity contribution is 7.76. The Hall–Kier alpha value is 0.818. The molecule has 0 aliphatic heterocycles. The van der Waals surface area contributed by atoms with Crippen molar-refractivity contribution in [1.82, 2.24) is 0 Å². The summed E-state index contributed by atoms with van der Waals surface area (Å²) in [5, 5.41) is 8.73. The molecule has 1 atom stereocenters. The zero-order valence-corrected chi connectivity index (χ0v) is 21.5. The van der Waals surface area contributed by atoms with Gasteiger partial charge in [-0.25, -0.2) is 0 Å². The minimum absolute atomic E-state index is 0.00175. The third-order valence-electron chi connectivity index (χ3n) is 2.64. The molecule has 0 aliphatic rings. The topological polar surface area (TPSA) is 136 Å². The average molecular weight is 483 g/mol. The number of thiol groups is 1. The summed E-state index contributed by atoms with van der Waals surface area (Å²) < 4.78 is 32.2. The van der Waals surface area contributed by atoms with Gasteiger partial charge in [0.2, 0.25) is 0 Å². The third kappa shape index (κ3) is 15.3. The van der Waals surface area contributed by atoms with Crippen molar-refractivity contribution in [2.45, 2.75) is 52.0 Å². The highest BCUT2D eigenvalue weighted by Gasteiger charge is 2.60. The maximum atomic E-state index is 10.2. The van der Waals surface area contributed by atoms with Gasteiger partial charge in [-0.2, -0.15) is 0 Å². The van der Waals surface area contributed by atoms with Crippen LogP contribution < -0.4 is 0 Å². The molecular weight excluding hydrogens is 449 g/mol. The first-order valence-electron chi connectivity index (χ1n) is 8.67. The second-order valence-corrected chi connectivity index (χ2v) is 19.9. The Morgan fingerprint density at radius 3 is 1.89 bits per heavy atom. The van der Waals surface area contributed by atoms with Crippen molar-refractivity contribution in [3.8, 4) is 0 Å². The highest BCUT2D eigenvalue weighted by Crippen LogP contribution is 2.25. The maximum absolute atomic E-state index is 10.2. The van der Waals surface area contributed by atoms with Gasteiger partial charge in [0.1, 0.15) is 0 Å². The van der Waals surface area contributed by atoms with Gasteiger partial charge in [0.25, 0.3) is 0 Å². The average Bonchev–Trinajstić information content (AvgIpc) is 2.46. The second kappa shape index (κ2) is 12.5. The lowest BCUT2D eigenvalue weighted by Crippen LogP contribution is -2.65. The van der Waals surface area contributed by atoms with Crippen molar-refractivity contribution in [1.29, 1.82) is 0 Å². The third-order valence-corrected chi connectivity index (χ3v) is 12.7. The summed E-state index contributed by atoms with van der Waals surface area (Å²) >= 11 is 3.41. The molecule has 0 fully saturated rings. The number of hydrogen-bond donors (Lipinski definition) is 5. The summed E-state index contributed by atoms with van der Waals surface area (Å²) in [7, 11) is -14.4. The van der Waals surface area contributed by atoms with Gasteiger partial charge in [0, 0.05) is 13.2 Å². The van der Waals surface area contributed by atoms with Gasteiger partial charge in [0.15, 0.2) is 8.32 Å². The van der Waals surface area contributed by atoms with E-state index in [4.69, 9.17) is 26.6 Å². The Labute approximate surface area is 171 Å². The van der Waals surface area contributed by atoms with E-state index in [9.17, 15) is 14.4 Å². The molecule has 15 heteroatoms. The molecule has 0 rings (SSSR count). The van der Waals surface area contributed by atoms with Gasteiger partial charge in [-0.3, -0.25) is 3.87 Å². The van der Waals surface area contributed by atoms with Crippen LogP contribution in [0.4, 0.5) is 0 Å². The Morgan fingerprint density at radius 1 is 0.778 bits per heavy atom. The van der Waals surface area contributed by atoms with Crippen LogP contribution in [-0.4, -0.2) is 80.9 Å². The first-order chi connectivity index (χ1) is 12.2. The SMILES string of the molecule is C[Si](C)(C)O[Si](OCCOCCCCCO)(O[Si](C)(C)O)O[Si](O)(O)OS. The molecule has 1 unspecified atom stereocenters. The molecule has 0 saturated heterocycles. The number of rotatable bonds is 16. The molecule has 0 radical (unpaired) electrons. The van der Waals surface area contributed by atoms with E-state index in [0.29, 0.717) is 6.61 Å². The van der Waals surface area contributed by atoms with E-state index in [2.05, 4.69) is 16.8 Å². The number of aliphatic hydroxyl groups excluding tert-OH is 1. The molecule has 0 amide bonds. The van der Waals surface area contributed by atoms with E-state index in [1.54, 1.807) is 0 Å². The molecule has 0 aromatic rings. The second-order valence-electron chi connectivity index (χ2n) is 7.25. The molecule has 0 heterocycles. The van der Waals surface area contributed by atoms with E-state index >= 15 is 0 Å². The summed E-state index contributed by atoms with van der Waals surface area (Å²) in [4.78, 5) is 29.9. The molecule has 27 heavy (non-hydrogen) atoms. The lowest BCUT2D eigenvalue weighted by Gasteiger charge is -2.38. The van der Waals surface area contributed by atoms with Crippen LogP contribution in [0, 0.1) is 0 Å². The van der Waals surface area contributed by atoms with Crippen LogP contribution >= 0.6 is 12.9 Å². The number of hydrogen-bond acceptors (Lipinski definition) is 11. The monoisotopic (exact) mass is 482 g/mol. The first-order valence-corrected chi connectivity index (χ1v) is 18.6. The number of unbranched alkanes of at least 4 members (excludes halogenated alkanes) is 2. The van der Waals surface area contributed by atoms with Crippen LogP contribution in [0.2, 0.25) is 32.7 Å². The highest BCUT2D eigenvalue weighted by atomic mass is 32.1. The fourth-order valence-electron chi connectivity index (χ4n) is 1.83. The minimum Gasteiger partial charge on any atom is -0.411 e. The number of aliphatic hydroxyl groups is 1. The van der Waals surface area contributed by atoms with Crippen molar-refractivity contribution >= 4 is 47.9 Å². The predicted octanol–water partition coefficient (Wildman–Crippen LogP) is 0.478. The molecule has 164 valence electrons. The van der Waals surface area contributed by atoms with Gasteiger partial charge < -0.3 is 41.0 Å². The molecular formula is C12H34O10SSi4. The van der Waals surface area contributed by atoms with E-state index in [1.165, 1.54) is 13.1 Å². The summed E-state index contributed by atoms with van der Waals surface area (Å²) in [6, 6.07) is 0. The largest absolute Gasteiger partial charge is 0.679 e. The van der Waals surface area contributed by atoms with Crippen LogP contribution in [0.25, 0.3) is 0 Å². The molecule has 4 N–H and O–H groups in total. The Balaban J connectivity index is 5.01. The van der Waals surface area contributed by atoms with Gasteiger partial charge in [-0.1, -0.05) is 0 Å². The Morgan fingerprint density at radius 2 is 1.41 bits per heavy atom. The van der Waals surface area contributed by atoms with Crippen LogP contribution in [0.15, 0.2) is 0 Å². The fourth-order valence-corrected chi connectivity index (χ4v) is 11.7. The lowest BCUT2D eigenvalue weighted by molar-refractivity contribution is 0.00662. The molecule has 0 bridgehead atoms. The van der Waals surface area contributed by atoms with Crippen LogP contribution in [0.5, 0.6) is 0 Å². The van der Waals surface area contributed by atoms with Gasteiger partial charge in [-0.05, 0) is 64.9 Å². The van der Waals surface area contributed by atoms with Crippen molar-refractivity contribution < 1.29 is 44.9 Å². The summed E-state index contributed by atoms with van der Waals surface area (Å²) in [5.41, 5.74) is 0. The fraction of sp³-hybridized carbons (Fsp3) is 1.00. The zero-order chi connectivity index (χ0) is 21.2. The molecule has 0 saturated carbocycles. The number of ether oxygens (including phenoxy) is 1. The molecule has 0 spiro atoms. The van der Waals surface area contributed by atoms with Crippen LogP contribution in [0.3, 0.4) is 0 Å². The van der Waals surface area contributed by atoms with Crippen molar-refractivity contribution in [2.24, 2.45) is 0 Å². The smallest absolute Gasteiger partial charge is 0.411 e.